The summed E-state index contributed by atoms with van der Waals surface area (Å²) >= 11 is 1.61. The van der Waals surface area contributed by atoms with Crippen molar-refractivity contribution >= 4 is 29.7 Å². The summed E-state index contributed by atoms with van der Waals surface area (Å²) in [6.45, 7) is 5.23. The van der Waals surface area contributed by atoms with E-state index in [1.54, 1.807) is 16.2 Å². The number of nitriles is 1. The van der Waals surface area contributed by atoms with Crippen molar-refractivity contribution in [1.82, 2.24) is 15.2 Å². The minimum absolute atomic E-state index is 0. The lowest BCUT2D eigenvalue weighted by molar-refractivity contribution is -0.129. The van der Waals surface area contributed by atoms with E-state index in [4.69, 9.17) is 4.74 Å². The molecule has 1 fully saturated rings. The van der Waals surface area contributed by atoms with Gasteiger partial charge in [0.05, 0.1) is 29.2 Å². The maximum atomic E-state index is 12.5. The van der Waals surface area contributed by atoms with E-state index in [1.165, 1.54) is 16.7 Å². The van der Waals surface area contributed by atoms with Gasteiger partial charge in [-0.3, -0.25) is 4.79 Å². The lowest BCUT2D eigenvalue weighted by Crippen LogP contribution is -2.38. The molecular formula is C28H31ClN4O3S. The van der Waals surface area contributed by atoms with Crippen LogP contribution in [0.1, 0.15) is 49.4 Å². The van der Waals surface area contributed by atoms with Crippen molar-refractivity contribution in [2.75, 3.05) is 19.6 Å². The van der Waals surface area contributed by atoms with Gasteiger partial charge in [-0.25, -0.2) is 4.98 Å². The highest BCUT2D eigenvalue weighted by Gasteiger charge is 2.28. The predicted molar refractivity (Wildman–Crippen MR) is 147 cm³/mol. The average molecular weight is 539 g/mol. The van der Waals surface area contributed by atoms with Crippen LogP contribution in [0.15, 0.2) is 42.6 Å². The molecule has 0 unspecified atom stereocenters. The number of thiazole rings is 1. The van der Waals surface area contributed by atoms with Crippen LogP contribution in [-0.2, 0) is 11.2 Å². The van der Waals surface area contributed by atoms with E-state index < -0.39 is 6.10 Å². The number of nitrogens with zero attached hydrogens (tertiary/aromatic N) is 3. The molecule has 1 amide bonds. The van der Waals surface area contributed by atoms with Gasteiger partial charge in [0.1, 0.15) is 16.8 Å². The Kier molecular flexibility index (Phi) is 8.50. The fourth-order valence-electron chi connectivity index (χ4n) is 5.03. The number of nitrogens with one attached hydrogen (secondary N) is 1. The SMILES string of the molecule is CC(C)Oc1ccc(-c2ncc(-c3cccc4c3CC[C@H]4NCC(=O)N3CC[C@H](O)C3)s2)cc1C#N.Cl. The number of fused-ring (bicyclic) bond motifs is 1. The second kappa shape index (κ2) is 11.6. The van der Waals surface area contributed by atoms with E-state index in [0.29, 0.717) is 30.8 Å². The number of likely N-dealkylation sites (tertiary alicyclic amines) is 1. The van der Waals surface area contributed by atoms with Gasteiger partial charge in [-0.1, -0.05) is 18.2 Å². The standard InChI is InChI=1S/C28H30N4O3S.ClH/c1-17(2)35-25-9-6-18(12-19(25)13-29)28-31-14-26(36-28)23-5-3-4-22-21(23)7-8-24(22)30-15-27(34)32-11-10-20(33)16-32;/h3-6,9,12,14,17,20,24,30,33H,7-8,10-11,15-16H2,1-2H3;1H/t20-,24+;/m0./s1. The van der Waals surface area contributed by atoms with Crippen molar-refractivity contribution in [2.45, 2.75) is 51.4 Å². The van der Waals surface area contributed by atoms with Crippen LogP contribution in [-0.4, -0.2) is 52.7 Å². The molecule has 0 bridgehead atoms. The number of halogens is 1. The molecule has 1 saturated heterocycles. The summed E-state index contributed by atoms with van der Waals surface area (Å²) in [5.41, 5.74) is 5.11. The number of hydrogen-bond acceptors (Lipinski definition) is 7. The summed E-state index contributed by atoms with van der Waals surface area (Å²) in [6.07, 6.45) is 4.04. The number of aliphatic hydroxyl groups excluding tert-OH is 1. The maximum Gasteiger partial charge on any atom is 0.236 e. The summed E-state index contributed by atoms with van der Waals surface area (Å²) in [5.74, 6) is 0.636. The fraction of sp³-hybridized carbons (Fsp3) is 0.393. The Morgan fingerprint density at radius 1 is 1.32 bits per heavy atom. The molecule has 2 heterocycles. The van der Waals surface area contributed by atoms with Crippen LogP contribution in [0.2, 0.25) is 0 Å². The van der Waals surface area contributed by atoms with Gasteiger partial charge < -0.3 is 20.1 Å². The monoisotopic (exact) mass is 538 g/mol. The van der Waals surface area contributed by atoms with Crippen molar-refractivity contribution in [3.63, 3.8) is 0 Å². The summed E-state index contributed by atoms with van der Waals surface area (Å²) in [5, 5.41) is 23.6. The van der Waals surface area contributed by atoms with Crippen LogP contribution >= 0.6 is 23.7 Å². The molecule has 194 valence electrons. The zero-order chi connectivity index (χ0) is 25.2. The largest absolute Gasteiger partial charge is 0.490 e. The number of ether oxygens (including phenoxy) is 1. The van der Waals surface area contributed by atoms with E-state index in [0.717, 1.165) is 28.3 Å². The normalized spacial score (nSPS) is 18.4. The van der Waals surface area contributed by atoms with Gasteiger partial charge in [-0.2, -0.15) is 5.26 Å². The van der Waals surface area contributed by atoms with Gasteiger partial charge in [-0.05, 0) is 68.0 Å². The molecule has 3 aromatic rings. The topological polar surface area (TPSA) is 98.5 Å². The number of β-amino-alcohol motifs (C(OH)–C–C–N with tert-alkyl or cyclic N) is 1. The molecule has 2 N–H and O–H groups in total. The molecule has 1 aliphatic carbocycles. The smallest absolute Gasteiger partial charge is 0.236 e. The Bertz CT molecular complexity index is 1320. The van der Waals surface area contributed by atoms with Crippen molar-refractivity contribution in [1.29, 1.82) is 5.26 Å². The van der Waals surface area contributed by atoms with Crippen LogP contribution in [0.3, 0.4) is 0 Å². The molecule has 2 atom stereocenters. The molecule has 7 nitrogen and oxygen atoms in total. The van der Waals surface area contributed by atoms with Crippen molar-refractivity contribution in [3.8, 4) is 32.8 Å². The molecule has 9 heteroatoms. The third-order valence-corrected chi connectivity index (χ3v) is 7.85. The summed E-state index contributed by atoms with van der Waals surface area (Å²) in [7, 11) is 0. The number of hydrogen-bond donors (Lipinski definition) is 2. The van der Waals surface area contributed by atoms with Gasteiger partial charge in [0, 0.05) is 30.9 Å². The zero-order valence-corrected chi connectivity index (χ0v) is 22.6. The molecule has 5 rings (SSSR count). The van der Waals surface area contributed by atoms with E-state index in [9.17, 15) is 15.2 Å². The third kappa shape index (κ3) is 5.81. The van der Waals surface area contributed by atoms with E-state index in [1.807, 2.05) is 38.2 Å². The molecule has 0 spiro atoms. The highest BCUT2D eigenvalue weighted by molar-refractivity contribution is 7.18. The lowest BCUT2D eigenvalue weighted by Gasteiger charge is -2.19. The van der Waals surface area contributed by atoms with E-state index in [2.05, 4.69) is 34.6 Å². The number of benzene rings is 2. The highest BCUT2D eigenvalue weighted by atomic mass is 35.5. The first-order valence-corrected chi connectivity index (χ1v) is 13.2. The molecule has 2 aromatic carbocycles. The van der Waals surface area contributed by atoms with Crippen molar-refractivity contribution < 1.29 is 14.6 Å². The zero-order valence-electron chi connectivity index (χ0n) is 20.9. The van der Waals surface area contributed by atoms with Crippen LogP contribution in [0.5, 0.6) is 5.75 Å². The van der Waals surface area contributed by atoms with E-state index in [-0.39, 0.29) is 37.0 Å². The maximum absolute atomic E-state index is 12.5. The summed E-state index contributed by atoms with van der Waals surface area (Å²) in [6, 6.07) is 14.3. The Morgan fingerprint density at radius 3 is 2.89 bits per heavy atom. The molecule has 0 saturated carbocycles. The highest BCUT2D eigenvalue weighted by Crippen LogP contribution is 2.41. The minimum Gasteiger partial charge on any atom is -0.490 e. The average Bonchev–Trinajstić information content (AvgIpc) is 3.62. The summed E-state index contributed by atoms with van der Waals surface area (Å²) in [4.78, 5) is 20.0. The first kappa shape index (κ1) is 27.1. The predicted octanol–water partition coefficient (Wildman–Crippen LogP) is 4.73. The molecule has 1 aromatic heterocycles. The quantitative estimate of drug-likeness (QED) is 0.451. The number of amides is 1. The molecule has 1 aliphatic heterocycles. The number of aliphatic hydroxyl groups is 1. The van der Waals surface area contributed by atoms with Crippen LogP contribution in [0.25, 0.3) is 21.0 Å². The Morgan fingerprint density at radius 2 is 2.16 bits per heavy atom. The number of carbonyl (C=O) groups is 1. The lowest BCUT2D eigenvalue weighted by atomic mass is 10.0. The van der Waals surface area contributed by atoms with Crippen molar-refractivity contribution in [3.05, 3.63) is 59.3 Å². The van der Waals surface area contributed by atoms with Crippen LogP contribution < -0.4 is 10.1 Å². The third-order valence-electron chi connectivity index (χ3n) is 6.77. The number of rotatable bonds is 7. The van der Waals surface area contributed by atoms with Crippen LogP contribution in [0.4, 0.5) is 0 Å². The van der Waals surface area contributed by atoms with Gasteiger partial charge in [0.2, 0.25) is 5.91 Å². The molecule has 2 aliphatic rings. The molecular weight excluding hydrogens is 508 g/mol. The summed E-state index contributed by atoms with van der Waals surface area (Å²) < 4.78 is 5.75. The first-order valence-electron chi connectivity index (χ1n) is 12.4. The Balaban J connectivity index is 0.00000320. The Hall–Kier alpha value is -2.96. The first-order chi connectivity index (χ1) is 17.4. The van der Waals surface area contributed by atoms with Gasteiger partial charge in [0.15, 0.2) is 0 Å². The van der Waals surface area contributed by atoms with Crippen LogP contribution in [0, 0.1) is 11.3 Å². The van der Waals surface area contributed by atoms with Gasteiger partial charge in [-0.15, -0.1) is 23.7 Å². The minimum atomic E-state index is -0.397. The van der Waals surface area contributed by atoms with Gasteiger partial charge >= 0.3 is 0 Å². The fourth-order valence-corrected chi connectivity index (χ4v) is 5.99. The van der Waals surface area contributed by atoms with E-state index >= 15 is 0 Å². The second-order valence-corrected chi connectivity index (χ2v) is 10.7. The second-order valence-electron chi connectivity index (χ2n) is 9.65. The van der Waals surface area contributed by atoms with Crippen molar-refractivity contribution in [2.24, 2.45) is 0 Å². The number of aromatic nitrogens is 1. The molecule has 37 heavy (non-hydrogen) atoms. The van der Waals surface area contributed by atoms with Gasteiger partial charge in [0.25, 0.3) is 0 Å². The Labute approximate surface area is 227 Å². The number of carbonyl (C=O) groups excluding carboxylic acids is 1. The molecule has 0 radical (unpaired) electrons.